The van der Waals surface area contributed by atoms with Gasteiger partial charge in [-0.1, -0.05) is 0 Å². The zero-order chi connectivity index (χ0) is 27.8. The summed E-state index contributed by atoms with van der Waals surface area (Å²) in [6.07, 6.45) is 10.1. The Morgan fingerprint density at radius 1 is 1.20 bits per heavy atom. The van der Waals surface area contributed by atoms with E-state index in [0.29, 0.717) is 31.7 Å². The normalized spacial score (nSPS) is 17.8. The molecule has 0 aliphatic carbocycles. The molecule has 0 saturated carbocycles. The van der Waals surface area contributed by atoms with Gasteiger partial charge in [0.2, 0.25) is 5.91 Å². The van der Waals surface area contributed by atoms with Crippen LogP contribution in [0.3, 0.4) is 0 Å². The largest absolute Gasteiger partial charge is 0.485 e. The number of piperidine rings is 1. The number of ether oxygens (including phenoxy) is 2. The maximum atomic E-state index is 12.2. The van der Waals surface area contributed by atoms with Crippen LogP contribution in [0.15, 0.2) is 42.9 Å². The highest BCUT2D eigenvalue weighted by Crippen LogP contribution is 2.40. The molecule has 6 heterocycles. The zero-order valence-electron chi connectivity index (χ0n) is 23.0. The van der Waals surface area contributed by atoms with Crippen LogP contribution in [0.1, 0.15) is 35.7 Å². The Balaban J connectivity index is 1.11. The monoisotopic (exact) mass is 543 g/mol. The fraction of sp³-hybridized carbons (Fsp3) is 0.414. The van der Waals surface area contributed by atoms with Crippen molar-refractivity contribution in [2.75, 3.05) is 38.6 Å². The van der Waals surface area contributed by atoms with E-state index >= 15 is 0 Å². The number of aryl methyl sites for hydroxylation is 2. The summed E-state index contributed by atoms with van der Waals surface area (Å²) in [5.41, 5.74) is 5.90. The molecule has 0 bridgehead atoms. The average molecular weight is 544 g/mol. The molecule has 3 aromatic rings. The fourth-order valence-corrected chi connectivity index (χ4v) is 5.76. The molecule has 0 spiro atoms. The van der Waals surface area contributed by atoms with E-state index in [9.17, 15) is 9.59 Å². The molecule has 40 heavy (non-hydrogen) atoms. The van der Waals surface area contributed by atoms with Crippen LogP contribution in [-0.2, 0) is 28.0 Å². The number of fused-ring (bicyclic) bond motifs is 2. The fourth-order valence-electron chi connectivity index (χ4n) is 5.76. The molecule has 11 heteroatoms. The summed E-state index contributed by atoms with van der Waals surface area (Å²) in [6, 6.07) is 4.47. The molecule has 11 nitrogen and oxygen atoms in total. The van der Waals surface area contributed by atoms with Gasteiger partial charge in [-0.15, -0.1) is 0 Å². The van der Waals surface area contributed by atoms with Crippen LogP contribution >= 0.6 is 0 Å². The molecule has 0 aromatic carbocycles. The maximum Gasteiger partial charge on any atom is 0.330 e. The van der Waals surface area contributed by atoms with Crippen LogP contribution in [0.25, 0.3) is 11.1 Å². The Morgan fingerprint density at radius 2 is 2.00 bits per heavy atom. The lowest BCUT2D eigenvalue weighted by molar-refractivity contribution is -0.136. The number of nitrogens with one attached hydrogen (secondary N) is 1. The van der Waals surface area contributed by atoms with Crippen LogP contribution in [0.2, 0.25) is 0 Å². The van der Waals surface area contributed by atoms with Crippen molar-refractivity contribution >= 4 is 23.4 Å². The second kappa shape index (κ2) is 10.7. The molecular weight excluding hydrogens is 510 g/mol. The topological polar surface area (TPSA) is 115 Å². The smallest absolute Gasteiger partial charge is 0.330 e. The molecule has 6 rings (SSSR count). The third kappa shape index (κ3) is 5.04. The van der Waals surface area contributed by atoms with Gasteiger partial charge < -0.3 is 19.7 Å². The van der Waals surface area contributed by atoms with Gasteiger partial charge in [0.15, 0.2) is 5.75 Å². The number of anilines is 2. The molecular formula is C29H33N7O4. The molecule has 0 atom stereocenters. The first-order valence-corrected chi connectivity index (χ1v) is 13.6. The van der Waals surface area contributed by atoms with Crippen molar-refractivity contribution in [2.45, 2.75) is 38.3 Å². The molecule has 0 radical (unpaired) electrons. The summed E-state index contributed by atoms with van der Waals surface area (Å²) in [6.45, 7) is 5.66. The number of methoxy groups -OCH3 is 1. The lowest BCUT2D eigenvalue weighted by Crippen LogP contribution is -2.61. The number of rotatable bonds is 5. The SMILES string of the molecule is COC(=O)/C=C/C(=O)N1CC(N2CCC(c3cc4c(c(C)n3)OCc3c(-c5cnn(C)c5)ccnc3N4)CC2)C1. The summed E-state index contributed by atoms with van der Waals surface area (Å²) in [5, 5.41) is 7.86. The standard InChI is InChI=1S/C29H33N7O4/c1-18-28-25(33-29-23(17-40-28)22(6-9-30-29)20-13-31-34(2)14-20)12-24(32-18)19-7-10-35(11-8-19)21-15-36(16-21)26(37)4-5-27(38)39-3/h4-6,9,12-14,19,21H,7-8,10-11,15-17H2,1-3H3,(H,30,33)/b5-4+. The highest BCUT2D eigenvalue weighted by Gasteiger charge is 2.36. The van der Waals surface area contributed by atoms with Crippen LogP contribution in [-0.4, -0.2) is 80.8 Å². The first kappa shape index (κ1) is 26.0. The van der Waals surface area contributed by atoms with Crippen LogP contribution in [0.4, 0.5) is 11.5 Å². The quantitative estimate of drug-likeness (QED) is 0.383. The van der Waals surface area contributed by atoms with E-state index in [1.807, 2.05) is 38.6 Å². The molecule has 208 valence electrons. The Hall–Kier alpha value is -4.25. The van der Waals surface area contributed by atoms with Crippen molar-refractivity contribution in [3.8, 4) is 16.9 Å². The van der Waals surface area contributed by atoms with Gasteiger partial charge in [-0.3, -0.25) is 19.4 Å². The minimum Gasteiger partial charge on any atom is -0.485 e. The molecule has 1 N–H and O–H groups in total. The second-order valence-electron chi connectivity index (χ2n) is 10.6. The van der Waals surface area contributed by atoms with Gasteiger partial charge >= 0.3 is 5.97 Å². The number of aromatic nitrogens is 4. The number of hydrogen-bond acceptors (Lipinski definition) is 9. The molecule has 0 unspecified atom stereocenters. The minimum absolute atomic E-state index is 0.153. The first-order chi connectivity index (χ1) is 19.4. The van der Waals surface area contributed by atoms with Gasteiger partial charge in [0.25, 0.3) is 0 Å². The average Bonchev–Trinajstić information content (AvgIpc) is 3.27. The van der Waals surface area contributed by atoms with E-state index in [1.165, 1.54) is 19.3 Å². The van der Waals surface area contributed by atoms with Gasteiger partial charge in [0.05, 0.1) is 24.7 Å². The number of nitrogens with zero attached hydrogens (tertiary/aromatic N) is 6. The number of likely N-dealkylation sites (tertiary alicyclic amines) is 2. The summed E-state index contributed by atoms with van der Waals surface area (Å²) in [4.78, 5) is 37.3. The molecule has 2 fully saturated rings. The van der Waals surface area contributed by atoms with E-state index in [-0.39, 0.29) is 5.91 Å². The Kier molecular flexibility index (Phi) is 6.97. The first-order valence-electron chi connectivity index (χ1n) is 13.6. The van der Waals surface area contributed by atoms with Gasteiger partial charge in [-0.2, -0.15) is 5.10 Å². The highest BCUT2D eigenvalue weighted by atomic mass is 16.5. The summed E-state index contributed by atoms with van der Waals surface area (Å²) in [7, 11) is 3.20. The van der Waals surface area contributed by atoms with Crippen molar-refractivity contribution in [1.82, 2.24) is 29.5 Å². The van der Waals surface area contributed by atoms with E-state index in [0.717, 1.165) is 71.3 Å². The van der Waals surface area contributed by atoms with Crippen LogP contribution in [0, 0.1) is 6.92 Å². The van der Waals surface area contributed by atoms with Crippen molar-refractivity contribution in [1.29, 1.82) is 0 Å². The molecule has 3 aliphatic rings. The van der Waals surface area contributed by atoms with Crippen molar-refractivity contribution in [3.05, 3.63) is 59.8 Å². The molecule has 1 amide bonds. The van der Waals surface area contributed by atoms with Crippen molar-refractivity contribution in [2.24, 2.45) is 7.05 Å². The number of hydrogen-bond donors (Lipinski definition) is 1. The lowest BCUT2D eigenvalue weighted by Gasteiger charge is -2.47. The number of carbonyl (C=O) groups is 2. The summed E-state index contributed by atoms with van der Waals surface area (Å²) in [5.74, 6) is 1.22. The Labute approximate surface area is 232 Å². The lowest BCUT2D eigenvalue weighted by atomic mass is 9.90. The van der Waals surface area contributed by atoms with E-state index in [4.69, 9.17) is 9.72 Å². The number of pyridine rings is 2. The molecule has 3 aromatic heterocycles. The Bertz CT molecular complexity index is 1470. The maximum absolute atomic E-state index is 12.2. The van der Waals surface area contributed by atoms with Crippen molar-refractivity contribution in [3.63, 3.8) is 0 Å². The van der Waals surface area contributed by atoms with E-state index in [2.05, 4.69) is 31.1 Å². The minimum atomic E-state index is -0.522. The zero-order valence-corrected chi connectivity index (χ0v) is 23.0. The summed E-state index contributed by atoms with van der Waals surface area (Å²) < 4.78 is 12.6. The van der Waals surface area contributed by atoms with Gasteiger partial charge in [0.1, 0.15) is 12.4 Å². The highest BCUT2D eigenvalue weighted by molar-refractivity contribution is 5.94. The predicted octanol–water partition coefficient (Wildman–Crippen LogP) is 2.94. The van der Waals surface area contributed by atoms with Crippen LogP contribution < -0.4 is 10.1 Å². The van der Waals surface area contributed by atoms with E-state index in [1.54, 1.807) is 9.58 Å². The van der Waals surface area contributed by atoms with Gasteiger partial charge in [-0.25, -0.2) is 9.78 Å². The number of amides is 1. The van der Waals surface area contributed by atoms with Gasteiger partial charge in [0, 0.05) is 73.5 Å². The third-order valence-corrected chi connectivity index (χ3v) is 8.05. The predicted molar refractivity (Wildman–Crippen MR) is 148 cm³/mol. The van der Waals surface area contributed by atoms with Crippen LogP contribution in [0.5, 0.6) is 5.75 Å². The van der Waals surface area contributed by atoms with E-state index < -0.39 is 5.97 Å². The Morgan fingerprint density at radius 3 is 2.73 bits per heavy atom. The molecule has 3 aliphatic heterocycles. The summed E-state index contributed by atoms with van der Waals surface area (Å²) >= 11 is 0. The second-order valence-corrected chi connectivity index (χ2v) is 10.6. The van der Waals surface area contributed by atoms with Gasteiger partial charge in [-0.05, 0) is 50.6 Å². The third-order valence-electron chi connectivity index (χ3n) is 8.05. The van der Waals surface area contributed by atoms with Crippen molar-refractivity contribution < 1.29 is 19.1 Å². The number of esters is 1. The number of carbonyl (C=O) groups excluding carboxylic acids is 2. The molecule has 2 saturated heterocycles.